The van der Waals surface area contributed by atoms with Gasteiger partial charge >= 0.3 is 0 Å². The highest BCUT2D eigenvalue weighted by molar-refractivity contribution is 6.14. The predicted octanol–water partition coefficient (Wildman–Crippen LogP) is 12.0. The standard InChI is InChI=1S/C45H27N3O2/c1-3-11-28(12-4-1)29-21-23-31(24-22-29)44-46-43(30-13-5-2-6-14-30)47-45(48-44)36-18-10-20-40-41(36)37-27-32(25-26-39(37)49-40)33-16-9-17-35-34-15-7-8-19-38(34)50-42(33)35/h1-27H/i1D,3D,4D,11D,12D. The molecule has 3 heterocycles. The van der Waals surface area contributed by atoms with Crippen LogP contribution < -0.4 is 0 Å². The Hall–Kier alpha value is -6.85. The van der Waals surface area contributed by atoms with E-state index >= 15 is 0 Å². The van der Waals surface area contributed by atoms with Crippen LogP contribution in [0, 0.1) is 0 Å². The van der Waals surface area contributed by atoms with Gasteiger partial charge in [-0.1, -0.05) is 139 Å². The molecule has 0 aliphatic heterocycles. The second kappa shape index (κ2) is 11.4. The summed E-state index contributed by atoms with van der Waals surface area (Å²) in [6.45, 7) is 0. The normalized spacial score (nSPS) is 13.0. The molecule has 5 nitrogen and oxygen atoms in total. The van der Waals surface area contributed by atoms with Crippen molar-refractivity contribution in [3.63, 3.8) is 0 Å². The highest BCUT2D eigenvalue weighted by Crippen LogP contribution is 2.41. The van der Waals surface area contributed by atoms with Crippen molar-refractivity contribution in [1.82, 2.24) is 15.0 Å². The molecule has 0 saturated heterocycles. The van der Waals surface area contributed by atoms with Gasteiger partial charge < -0.3 is 8.83 Å². The number of hydrogen-bond acceptors (Lipinski definition) is 5. The van der Waals surface area contributed by atoms with Crippen molar-refractivity contribution in [1.29, 1.82) is 0 Å². The second-order valence-corrected chi connectivity index (χ2v) is 12.0. The van der Waals surface area contributed by atoms with E-state index < -0.39 is 6.04 Å². The molecular formula is C45H27N3O2. The average Bonchev–Trinajstić information content (AvgIpc) is 3.81. The van der Waals surface area contributed by atoms with Gasteiger partial charge in [-0.05, 0) is 41.0 Å². The van der Waals surface area contributed by atoms with E-state index in [0.29, 0.717) is 34.2 Å². The SMILES string of the molecule is [2H]c1c([2H])c([2H])c(-c2ccc(-c3nc(-c4ccccc4)nc(-c4cccc5oc6ccc(-c7cccc8c7oc7ccccc78)cc6c45)n3)cc2)c([2H])c1[2H]. The molecule has 0 N–H and O–H groups in total. The summed E-state index contributed by atoms with van der Waals surface area (Å²) in [4.78, 5) is 14.9. The maximum absolute atomic E-state index is 8.45. The molecule has 0 saturated carbocycles. The average molecular weight is 647 g/mol. The van der Waals surface area contributed by atoms with Gasteiger partial charge in [0.25, 0.3) is 0 Å². The van der Waals surface area contributed by atoms with Crippen molar-refractivity contribution in [3.05, 3.63) is 164 Å². The number of fused-ring (bicyclic) bond motifs is 6. The smallest absolute Gasteiger partial charge is 0.164 e. The van der Waals surface area contributed by atoms with Crippen LogP contribution in [-0.2, 0) is 0 Å². The Bertz CT molecular complexity index is 3130. The Labute approximate surface area is 294 Å². The molecule has 0 radical (unpaired) electrons. The van der Waals surface area contributed by atoms with Gasteiger partial charge in [-0.25, -0.2) is 15.0 Å². The maximum atomic E-state index is 8.45. The van der Waals surface area contributed by atoms with Crippen LogP contribution in [-0.4, -0.2) is 15.0 Å². The highest BCUT2D eigenvalue weighted by Gasteiger charge is 2.19. The zero-order valence-corrected chi connectivity index (χ0v) is 26.4. The van der Waals surface area contributed by atoms with Crippen molar-refractivity contribution < 1.29 is 15.7 Å². The topological polar surface area (TPSA) is 65.0 Å². The van der Waals surface area contributed by atoms with E-state index in [1.807, 2.05) is 72.8 Å². The fraction of sp³-hybridized carbons (Fsp3) is 0. The van der Waals surface area contributed by atoms with Crippen molar-refractivity contribution in [2.45, 2.75) is 0 Å². The largest absolute Gasteiger partial charge is 0.456 e. The number of hydrogen-bond donors (Lipinski definition) is 0. The lowest BCUT2D eigenvalue weighted by Gasteiger charge is -2.10. The molecule has 0 spiro atoms. The van der Waals surface area contributed by atoms with Crippen molar-refractivity contribution in [2.24, 2.45) is 0 Å². The van der Waals surface area contributed by atoms with Crippen LogP contribution >= 0.6 is 0 Å². The summed E-state index contributed by atoms with van der Waals surface area (Å²) >= 11 is 0. The van der Waals surface area contributed by atoms with E-state index in [1.165, 1.54) is 0 Å². The number of nitrogens with zero attached hydrogens (tertiary/aromatic N) is 3. The Morgan fingerprint density at radius 1 is 0.400 bits per heavy atom. The minimum atomic E-state index is -0.429. The molecule has 50 heavy (non-hydrogen) atoms. The van der Waals surface area contributed by atoms with Crippen LogP contribution in [0.2, 0.25) is 0 Å². The summed E-state index contributed by atoms with van der Waals surface area (Å²) in [6, 6.07) is 41.3. The molecule has 10 aromatic rings. The lowest BCUT2D eigenvalue weighted by molar-refractivity contribution is 0.668. The minimum Gasteiger partial charge on any atom is -0.456 e. The van der Waals surface area contributed by atoms with Crippen LogP contribution in [0.4, 0.5) is 0 Å². The number of benzene rings is 7. The van der Waals surface area contributed by atoms with Crippen molar-refractivity contribution >= 4 is 43.9 Å². The predicted molar refractivity (Wildman–Crippen MR) is 202 cm³/mol. The lowest BCUT2D eigenvalue weighted by Crippen LogP contribution is -2.00. The summed E-state index contributed by atoms with van der Waals surface area (Å²) in [5.41, 5.74) is 7.91. The van der Waals surface area contributed by atoms with Crippen LogP contribution in [0.3, 0.4) is 0 Å². The van der Waals surface area contributed by atoms with Crippen LogP contribution in [0.5, 0.6) is 0 Å². The first-order valence-corrected chi connectivity index (χ1v) is 16.2. The molecular weight excluding hydrogens is 615 g/mol. The van der Waals surface area contributed by atoms with E-state index in [2.05, 4.69) is 36.4 Å². The molecule has 0 amide bonds. The molecule has 0 aliphatic carbocycles. The van der Waals surface area contributed by atoms with Crippen LogP contribution in [0.25, 0.3) is 100 Å². The first kappa shape index (κ1) is 23.5. The molecule has 0 aliphatic rings. The zero-order valence-electron chi connectivity index (χ0n) is 31.4. The number of para-hydroxylation sites is 2. The first-order chi connectivity index (χ1) is 26.8. The van der Waals surface area contributed by atoms with Gasteiger partial charge in [-0.3, -0.25) is 0 Å². The molecule has 0 fully saturated rings. The van der Waals surface area contributed by atoms with Gasteiger partial charge in [0.05, 0.1) is 6.85 Å². The summed E-state index contributed by atoms with van der Waals surface area (Å²) in [5, 5.41) is 3.89. The summed E-state index contributed by atoms with van der Waals surface area (Å²) in [7, 11) is 0. The first-order valence-electron chi connectivity index (χ1n) is 18.7. The fourth-order valence-corrected chi connectivity index (χ4v) is 6.68. The monoisotopic (exact) mass is 646 g/mol. The van der Waals surface area contributed by atoms with E-state index in [1.54, 1.807) is 24.3 Å². The Kier molecular flexibility index (Phi) is 5.35. The molecule has 3 aromatic heterocycles. The van der Waals surface area contributed by atoms with Gasteiger partial charge in [0.2, 0.25) is 0 Å². The van der Waals surface area contributed by atoms with Gasteiger partial charge in [-0.2, -0.15) is 0 Å². The minimum absolute atomic E-state index is 0.133. The maximum Gasteiger partial charge on any atom is 0.164 e. The lowest BCUT2D eigenvalue weighted by atomic mass is 9.99. The fourth-order valence-electron chi connectivity index (χ4n) is 6.68. The Morgan fingerprint density at radius 2 is 1.02 bits per heavy atom. The quantitative estimate of drug-likeness (QED) is 0.186. The Balaban J connectivity index is 1.14. The van der Waals surface area contributed by atoms with E-state index in [4.69, 9.17) is 30.6 Å². The van der Waals surface area contributed by atoms with Crippen LogP contribution in [0.1, 0.15) is 6.85 Å². The third kappa shape index (κ3) is 4.67. The third-order valence-electron chi connectivity index (χ3n) is 9.05. The molecule has 7 aromatic carbocycles. The Morgan fingerprint density at radius 3 is 1.86 bits per heavy atom. The van der Waals surface area contributed by atoms with Gasteiger partial charge in [0.15, 0.2) is 17.5 Å². The van der Waals surface area contributed by atoms with Crippen molar-refractivity contribution in [2.75, 3.05) is 0 Å². The number of furan rings is 2. The number of aromatic nitrogens is 3. The molecule has 5 heteroatoms. The summed E-state index contributed by atoms with van der Waals surface area (Å²) < 4.78 is 53.9. The van der Waals surface area contributed by atoms with E-state index in [0.717, 1.165) is 60.5 Å². The zero-order chi connectivity index (χ0) is 37.4. The summed E-state index contributed by atoms with van der Waals surface area (Å²) in [6.07, 6.45) is 0. The van der Waals surface area contributed by atoms with E-state index in [9.17, 15) is 0 Å². The van der Waals surface area contributed by atoms with Gasteiger partial charge in [0.1, 0.15) is 22.3 Å². The van der Waals surface area contributed by atoms with E-state index in [-0.39, 0.29) is 29.7 Å². The molecule has 234 valence electrons. The summed E-state index contributed by atoms with van der Waals surface area (Å²) in [5.74, 6) is 1.35. The molecule has 0 bridgehead atoms. The van der Waals surface area contributed by atoms with Crippen LogP contribution in [0.15, 0.2) is 173 Å². The van der Waals surface area contributed by atoms with Crippen molar-refractivity contribution in [3.8, 4) is 56.4 Å². The van der Waals surface area contributed by atoms with Gasteiger partial charge in [-0.15, -0.1) is 0 Å². The highest BCUT2D eigenvalue weighted by atomic mass is 16.3. The number of rotatable bonds is 5. The molecule has 0 unspecified atom stereocenters. The van der Waals surface area contributed by atoms with Gasteiger partial charge in [0, 0.05) is 43.8 Å². The molecule has 0 atom stereocenters. The third-order valence-corrected chi connectivity index (χ3v) is 9.05. The molecule has 10 rings (SSSR count). The second-order valence-electron chi connectivity index (χ2n) is 12.0.